The Morgan fingerprint density at radius 3 is 2.04 bits per heavy atom. The van der Waals surface area contributed by atoms with Crippen molar-refractivity contribution in [1.82, 2.24) is 4.98 Å². The number of benzene rings is 2. The lowest BCUT2D eigenvalue weighted by molar-refractivity contribution is -0.160. The molecule has 128 valence electrons. The van der Waals surface area contributed by atoms with Crippen LogP contribution in [-0.4, -0.2) is 31.1 Å². The van der Waals surface area contributed by atoms with Crippen LogP contribution in [0.25, 0.3) is 22.2 Å². The van der Waals surface area contributed by atoms with Gasteiger partial charge in [0.1, 0.15) is 0 Å². The highest BCUT2D eigenvalue weighted by atomic mass is 16.5. The summed E-state index contributed by atoms with van der Waals surface area (Å²) >= 11 is 0. The Bertz CT molecular complexity index is 911. The molecule has 3 rings (SSSR count). The second-order valence-corrected chi connectivity index (χ2v) is 5.89. The first-order valence-corrected chi connectivity index (χ1v) is 7.87. The van der Waals surface area contributed by atoms with Crippen molar-refractivity contribution in [2.75, 3.05) is 14.2 Å². The zero-order valence-corrected chi connectivity index (χ0v) is 14.3. The van der Waals surface area contributed by atoms with Gasteiger partial charge in [0.2, 0.25) is 0 Å². The number of carbonyl (C=O) groups excluding carboxylic acids is 2. The van der Waals surface area contributed by atoms with Gasteiger partial charge in [-0.15, -0.1) is 0 Å². The van der Waals surface area contributed by atoms with Crippen molar-refractivity contribution in [3.8, 4) is 11.3 Å². The van der Waals surface area contributed by atoms with Crippen molar-refractivity contribution < 1.29 is 19.1 Å². The van der Waals surface area contributed by atoms with Gasteiger partial charge in [0, 0.05) is 16.5 Å². The quantitative estimate of drug-likeness (QED) is 0.585. The molecule has 0 radical (unpaired) electrons. The molecule has 0 bridgehead atoms. The summed E-state index contributed by atoms with van der Waals surface area (Å²) in [5.74, 6) is -1.33. The van der Waals surface area contributed by atoms with Gasteiger partial charge in [-0.25, -0.2) is 0 Å². The normalized spacial score (nSPS) is 11.3. The van der Waals surface area contributed by atoms with Crippen LogP contribution in [0.5, 0.6) is 0 Å². The van der Waals surface area contributed by atoms with E-state index in [1.54, 1.807) is 0 Å². The second-order valence-electron chi connectivity index (χ2n) is 5.89. The Hall–Kier alpha value is -3.08. The highest BCUT2D eigenvalue weighted by Gasteiger charge is 2.48. The Labute approximate surface area is 145 Å². The van der Waals surface area contributed by atoms with Gasteiger partial charge in [-0.1, -0.05) is 48.5 Å². The van der Waals surface area contributed by atoms with Crippen molar-refractivity contribution in [3.05, 3.63) is 60.2 Å². The fourth-order valence-corrected chi connectivity index (χ4v) is 3.18. The average Bonchev–Trinajstić information content (AvgIpc) is 3.06. The molecule has 0 amide bonds. The van der Waals surface area contributed by atoms with Gasteiger partial charge in [-0.3, -0.25) is 9.59 Å². The van der Waals surface area contributed by atoms with Gasteiger partial charge in [0.15, 0.2) is 5.41 Å². The van der Waals surface area contributed by atoms with E-state index in [0.29, 0.717) is 11.3 Å². The average molecular weight is 337 g/mol. The number of nitrogens with one attached hydrogen (secondary N) is 1. The maximum atomic E-state index is 12.6. The van der Waals surface area contributed by atoms with Gasteiger partial charge in [-0.2, -0.15) is 0 Å². The Morgan fingerprint density at radius 2 is 1.44 bits per heavy atom. The number of hydrogen-bond donors (Lipinski definition) is 1. The zero-order valence-electron chi connectivity index (χ0n) is 14.3. The lowest BCUT2D eigenvalue weighted by Crippen LogP contribution is -2.43. The minimum absolute atomic E-state index is 0.549. The van der Waals surface area contributed by atoms with Crippen LogP contribution < -0.4 is 0 Å². The molecular weight excluding hydrogens is 318 g/mol. The molecular formula is C20H19NO4. The van der Waals surface area contributed by atoms with Crippen LogP contribution >= 0.6 is 0 Å². The van der Waals surface area contributed by atoms with E-state index in [0.717, 1.165) is 16.5 Å². The summed E-state index contributed by atoms with van der Waals surface area (Å²) in [5.41, 5.74) is 1.35. The zero-order chi connectivity index (χ0) is 18.0. The fraction of sp³-hybridized carbons (Fsp3) is 0.200. The number of H-pyrrole nitrogens is 1. The molecule has 0 aliphatic heterocycles. The number of hydrogen-bond acceptors (Lipinski definition) is 4. The topological polar surface area (TPSA) is 68.4 Å². The molecule has 1 aromatic heterocycles. The molecule has 0 saturated carbocycles. The molecule has 5 nitrogen and oxygen atoms in total. The van der Waals surface area contributed by atoms with Crippen LogP contribution in [0.3, 0.4) is 0 Å². The van der Waals surface area contributed by atoms with Crippen LogP contribution in [-0.2, 0) is 24.5 Å². The van der Waals surface area contributed by atoms with E-state index >= 15 is 0 Å². The summed E-state index contributed by atoms with van der Waals surface area (Å²) in [5, 5.41) is 0.777. The first kappa shape index (κ1) is 16.8. The van der Waals surface area contributed by atoms with Crippen LogP contribution in [0, 0.1) is 0 Å². The number of carbonyl (C=O) groups is 2. The first-order chi connectivity index (χ1) is 12.0. The van der Waals surface area contributed by atoms with E-state index in [2.05, 4.69) is 4.98 Å². The van der Waals surface area contributed by atoms with Crippen LogP contribution in [0.2, 0.25) is 0 Å². The van der Waals surface area contributed by atoms with E-state index in [-0.39, 0.29) is 0 Å². The summed E-state index contributed by atoms with van der Waals surface area (Å²) < 4.78 is 9.90. The molecule has 1 N–H and O–H groups in total. The number of rotatable bonds is 4. The Kier molecular flexibility index (Phi) is 4.31. The SMILES string of the molecule is COC(=O)C(C)(C(=O)OC)c1c(-c2ccccc2)[nH]c2ccccc12. The number of ether oxygens (including phenoxy) is 2. The maximum absolute atomic E-state index is 12.6. The molecule has 0 spiro atoms. The van der Waals surface area contributed by atoms with Gasteiger partial charge in [-0.05, 0) is 18.6 Å². The van der Waals surface area contributed by atoms with Gasteiger partial charge < -0.3 is 14.5 Å². The number of fused-ring (bicyclic) bond motifs is 1. The Balaban J connectivity index is 2.40. The third-order valence-electron chi connectivity index (χ3n) is 4.46. The van der Waals surface area contributed by atoms with Crippen molar-refractivity contribution in [2.45, 2.75) is 12.3 Å². The highest BCUT2D eigenvalue weighted by Crippen LogP contribution is 2.40. The lowest BCUT2D eigenvalue weighted by Gasteiger charge is -2.25. The third kappa shape index (κ3) is 2.58. The molecule has 0 saturated heterocycles. The van der Waals surface area contributed by atoms with Crippen molar-refractivity contribution >= 4 is 22.8 Å². The summed E-state index contributed by atoms with van der Waals surface area (Å²) in [6, 6.07) is 17.1. The molecule has 0 atom stereocenters. The van der Waals surface area contributed by atoms with E-state index in [1.807, 2.05) is 54.6 Å². The van der Waals surface area contributed by atoms with Crippen molar-refractivity contribution in [3.63, 3.8) is 0 Å². The maximum Gasteiger partial charge on any atom is 0.327 e. The third-order valence-corrected chi connectivity index (χ3v) is 4.46. The summed E-state index contributed by atoms with van der Waals surface area (Å²) in [6.07, 6.45) is 0. The molecule has 25 heavy (non-hydrogen) atoms. The predicted molar refractivity (Wildman–Crippen MR) is 95.1 cm³/mol. The van der Waals surface area contributed by atoms with E-state index in [4.69, 9.17) is 9.47 Å². The predicted octanol–water partition coefficient (Wildman–Crippen LogP) is 3.44. The summed E-state index contributed by atoms with van der Waals surface area (Å²) in [7, 11) is 2.53. The molecule has 2 aromatic carbocycles. The minimum Gasteiger partial charge on any atom is -0.468 e. The second kappa shape index (κ2) is 6.43. The largest absolute Gasteiger partial charge is 0.468 e. The number of para-hydroxylation sites is 1. The summed E-state index contributed by atoms with van der Waals surface area (Å²) in [6.45, 7) is 1.53. The van der Waals surface area contributed by atoms with Crippen molar-refractivity contribution in [2.24, 2.45) is 0 Å². The smallest absolute Gasteiger partial charge is 0.327 e. The van der Waals surface area contributed by atoms with E-state index < -0.39 is 17.4 Å². The van der Waals surface area contributed by atoms with Crippen LogP contribution in [0.15, 0.2) is 54.6 Å². The molecule has 5 heteroatoms. The number of esters is 2. The van der Waals surface area contributed by atoms with E-state index in [1.165, 1.54) is 21.1 Å². The molecule has 1 heterocycles. The van der Waals surface area contributed by atoms with E-state index in [9.17, 15) is 9.59 Å². The van der Waals surface area contributed by atoms with Crippen LogP contribution in [0.1, 0.15) is 12.5 Å². The van der Waals surface area contributed by atoms with Gasteiger partial charge >= 0.3 is 11.9 Å². The number of aromatic amines is 1. The standard InChI is InChI=1S/C20H19NO4/c1-20(18(22)24-2,19(23)25-3)16-14-11-7-8-12-15(14)21-17(16)13-9-5-4-6-10-13/h4-12,21H,1-3H3. The summed E-state index contributed by atoms with van der Waals surface area (Å²) in [4.78, 5) is 28.6. The Morgan fingerprint density at radius 1 is 0.880 bits per heavy atom. The molecule has 3 aromatic rings. The lowest BCUT2D eigenvalue weighted by atomic mass is 9.79. The fourth-order valence-electron chi connectivity index (χ4n) is 3.18. The highest BCUT2D eigenvalue weighted by molar-refractivity contribution is 6.11. The van der Waals surface area contributed by atoms with Gasteiger partial charge in [0.25, 0.3) is 0 Å². The van der Waals surface area contributed by atoms with Crippen LogP contribution in [0.4, 0.5) is 0 Å². The monoisotopic (exact) mass is 337 g/mol. The molecule has 0 unspecified atom stereocenters. The number of aromatic nitrogens is 1. The number of methoxy groups -OCH3 is 2. The minimum atomic E-state index is -1.59. The first-order valence-electron chi connectivity index (χ1n) is 7.87. The van der Waals surface area contributed by atoms with Gasteiger partial charge in [0.05, 0.1) is 19.9 Å². The molecule has 0 aliphatic rings. The molecule has 0 fully saturated rings. The van der Waals surface area contributed by atoms with Crippen molar-refractivity contribution in [1.29, 1.82) is 0 Å². The molecule has 0 aliphatic carbocycles.